The van der Waals surface area contributed by atoms with Gasteiger partial charge in [-0.15, -0.1) is 0 Å². The Morgan fingerprint density at radius 1 is 1.00 bits per heavy atom. The van der Waals surface area contributed by atoms with E-state index in [0.29, 0.717) is 6.61 Å². The van der Waals surface area contributed by atoms with Gasteiger partial charge in [-0.2, -0.15) is 0 Å². The maximum atomic E-state index is 13.3. The maximum absolute atomic E-state index is 13.3. The first-order valence-electron chi connectivity index (χ1n) is 13.7. The molecule has 1 amide bonds. The van der Waals surface area contributed by atoms with Gasteiger partial charge in [-0.25, -0.2) is 9.78 Å². The molecule has 4 atom stereocenters. The minimum atomic E-state index is -1.09. The summed E-state index contributed by atoms with van der Waals surface area (Å²) in [5, 5.41) is 2.66. The Balaban J connectivity index is 1.54. The summed E-state index contributed by atoms with van der Waals surface area (Å²) in [5.74, 6) is -1.84. The van der Waals surface area contributed by atoms with E-state index in [9.17, 15) is 14.4 Å². The highest BCUT2D eigenvalue weighted by Crippen LogP contribution is 2.31. The van der Waals surface area contributed by atoms with Crippen molar-refractivity contribution in [3.63, 3.8) is 0 Å². The smallest absolute Gasteiger partial charge is 0.331 e. The standard InChI is InChI=1S/C32H36N2O7/c1-21-26(15-14-23-10-6-4-7-11-23)25(18-24-12-8-5-9-13-24)19-39-20-27(32(37)40-21)34-31(36)29-30(41-22(2)35)28(38-3)16-17-33-29/h4-13,16-17,21,25-27H,14-15,18-20H2,1-3H3,(H,34,36)/t21-,25-,26-,27-/m0/s1. The number of amides is 1. The molecule has 216 valence electrons. The molecule has 1 fully saturated rings. The van der Waals surface area contributed by atoms with E-state index in [1.165, 1.54) is 37.4 Å². The molecule has 0 spiro atoms. The molecule has 1 aromatic heterocycles. The lowest BCUT2D eigenvalue weighted by atomic mass is 9.80. The zero-order chi connectivity index (χ0) is 29.2. The largest absolute Gasteiger partial charge is 0.493 e. The number of methoxy groups -OCH3 is 1. The molecule has 41 heavy (non-hydrogen) atoms. The molecule has 2 heterocycles. The minimum Gasteiger partial charge on any atom is -0.493 e. The first-order chi connectivity index (χ1) is 19.9. The normalized spacial score (nSPS) is 21.0. The van der Waals surface area contributed by atoms with Crippen molar-refractivity contribution in [1.82, 2.24) is 10.3 Å². The van der Waals surface area contributed by atoms with Crippen LogP contribution in [0.2, 0.25) is 0 Å². The van der Waals surface area contributed by atoms with E-state index < -0.39 is 30.0 Å². The van der Waals surface area contributed by atoms with E-state index in [4.69, 9.17) is 18.9 Å². The van der Waals surface area contributed by atoms with Crippen LogP contribution >= 0.6 is 0 Å². The lowest BCUT2D eigenvalue weighted by molar-refractivity contribution is -0.154. The van der Waals surface area contributed by atoms with Gasteiger partial charge >= 0.3 is 11.9 Å². The van der Waals surface area contributed by atoms with Crippen molar-refractivity contribution in [3.8, 4) is 11.5 Å². The summed E-state index contributed by atoms with van der Waals surface area (Å²) in [4.78, 5) is 42.3. The van der Waals surface area contributed by atoms with Gasteiger partial charge < -0.3 is 24.3 Å². The van der Waals surface area contributed by atoms with E-state index in [1.807, 2.05) is 43.3 Å². The molecule has 1 aliphatic rings. The molecule has 9 heteroatoms. The van der Waals surface area contributed by atoms with Gasteiger partial charge in [0.2, 0.25) is 5.75 Å². The highest BCUT2D eigenvalue weighted by atomic mass is 16.6. The third-order valence-corrected chi connectivity index (χ3v) is 7.22. The Morgan fingerprint density at radius 2 is 1.68 bits per heavy atom. The van der Waals surface area contributed by atoms with Crippen LogP contribution in [-0.2, 0) is 31.9 Å². The van der Waals surface area contributed by atoms with Crippen molar-refractivity contribution in [1.29, 1.82) is 0 Å². The molecule has 1 N–H and O–H groups in total. The number of cyclic esters (lactones) is 1. The van der Waals surface area contributed by atoms with E-state index in [2.05, 4.69) is 34.6 Å². The molecule has 0 bridgehead atoms. The van der Waals surface area contributed by atoms with E-state index in [-0.39, 0.29) is 35.6 Å². The van der Waals surface area contributed by atoms with Crippen molar-refractivity contribution in [2.75, 3.05) is 20.3 Å². The second-order valence-corrected chi connectivity index (χ2v) is 10.1. The summed E-state index contributed by atoms with van der Waals surface area (Å²) in [5.41, 5.74) is 2.20. The van der Waals surface area contributed by atoms with Gasteiger partial charge in [-0.05, 0) is 43.2 Å². The summed E-state index contributed by atoms with van der Waals surface area (Å²) in [6.07, 6.45) is 3.33. The van der Waals surface area contributed by atoms with Gasteiger partial charge in [0.25, 0.3) is 5.91 Å². The van der Waals surface area contributed by atoms with Crippen LogP contribution in [0.3, 0.4) is 0 Å². The van der Waals surface area contributed by atoms with E-state index in [1.54, 1.807) is 0 Å². The Bertz CT molecular complexity index is 1320. The average molecular weight is 561 g/mol. The number of ether oxygens (including phenoxy) is 4. The third kappa shape index (κ3) is 8.14. The number of esters is 2. The van der Waals surface area contributed by atoms with Crippen LogP contribution < -0.4 is 14.8 Å². The van der Waals surface area contributed by atoms with Crippen molar-refractivity contribution in [3.05, 3.63) is 89.7 Å². The molecule has 2 aromatic carbocycles. The topological polar surface area (TPSA) is 113 Å². The Labute approximate surface area is 240 Å². The number of rotatable bonds is 9. The summed E-state index contributed by atoms with van der Waals surface area (Å²) in [6.45, 7) is 3.41. The summed E-state index contributed by atoms with van der Waals surface area (Å²) in [6, 6.07) is 20.8. The summed E-state index contributed by atoms with van der Waals surface area (Å²) < 4.78 is 22.5. The lowest BCUT2D eigenvalue weighted by Gasteiger charge is -2.31. The number of nitrogens with zero attached hydrogens (tertiary/aromatic N) is 1. The Hall–Kier alpha value is -4.24. The molecule has 1 aliphatic heterocycles. The van der Waals surface area contributed by atoms with Gasteiger partial charge in [-0.1, -0.05) is 60.7 Å². The number of hydrogen-bond acceptors (Lipinski definition) is 8. The molecular formula is C32H36N2O7. The van der Waals surface area contributed by atoms with Crippen LogP contribution in [0.4, 0.5) is 0 Å². The predicted octanol–water partition coefficient (Wildman–Crippen LogP) is 4.18. The highest BCUT2D eigenvalue weighted by Gasteiger charge is 2.35. The molecule has 0 unspecified atom stereocenters. The number of aromatic nitrogens is 1. The van der Waals surface area contributed by atoms with Crippen LogP contribution in [-0.4, -0.2) is 55.3 Å². The first-order valence-corrected chi connectivity index (χ1v) is 13.7. The fourth-order valence-corrected chi connectivity index (χ4v) is 5.16. The van der Waals surface area contributed by atoms with Crippen LogP contribution in [0, 0.1) is 11.8 Å². The van der Waals surface area contributed by atoms with Gasteiger partial charge in [0.05, 0.1) is 20.3 Å². The van der Waals surface area contributed by atoms with E-state index in [0.717, 1.165) is 19.3 Å². The maximum Gasteiger partial charge on any atom is 0.331 e. The third-order valence-electron chi connectivity index (χ3n) is 7.22. The zero-order valence-corrected chi connectivity index (χ0v) is 23.6. The predicted molar refractivity (Wildman–Crippen MR) is 152 cm³/mol. The van der Waals surface area contributed by atoms with Crippen LogP contribution in [0.25, 0.3) is 0 Å². The Kier molecular flexibility index (Phi) is 10.5. The second-order valence-electron chi connectivity index (χ2n) is 10.1. The highest BCUT2D eigenvalue weighted by molar-refractivity contribution is 5.98. The quantitative estimate of drug-likeness (QED) is 0.388. The molecule has 0 saturated carbocycles. The number of benzene rings is 2. The SMILES string of the molecule is COc1ccnc(C(=O)N[C@H]2COC[C@H](Cc3ccccc3)[C@@H](CCc3ccccc3)[C@H](C)OC2=O)c1OC(C)=O. The van der Waals surface area contributed by atoms with Crippen molar-refractivity contribution in [2.24, 2.45) is 11.8 Å². The molecule has 4 rings (SSSR count). The monoisotopic (exact) mass is 560 g/mol. The van der Waals surface area contributed by atoms with Gasteiger partial charge in [0, 0.05) is 25.1 Å². The number of carbonyl (C=O) groups excluding carboxylic acids is 3. The zero-order valence-electron chi connectivity index (χ0n) is 23.6. The molecule has 0 aliphatic carbocycles. The molecule has 0 radical (unpaired) electrons. The number of pyridine rings is 1. The number of nitrogens with one attached hydrogen (secondary N) is 1. The number of hydrogen-bond donors (Lipinski definition) is 1. The summed E-state index contributed by atoms with van der Waals surface area (Å²) in [7, 11) is 1.38. The fourth-order valence-electron chi connectivity index (χ4n) is 5.16. The van der Waals surface area contributed by atoms with Crippen molar-refractivity contribution >= 4 is 17.8 Å². The first kappa shape index (κ1) is 29.7. The molecular weight excluding hydrogens is 524 g/mol. The van der Waals surface area contributed by atoms with Crippen molar-refractivity contribution in [2.45, 2.75) is 45.3 Å². The van der Waals surface area contributed by atoms with Crippen LogP contribution in [0.5, 0.6) is 11.5 Å². The van der Waals surface area contributed by atoms with Gasteiger partial charge in [0.15, 0.2) is 17.5 Å². The van der Waals surface area contributed by atoms with E-state index >= 15 is 0 Å². The number of carbonyl (C=O) groups is 3. The minimum absolute atomic E-state index is 0.0180. The molecule has 9 nitrogen and oxygen atoms in total. The van der Waals surface area contributed by atoms with Crippen LogP contribution in [0.15, 0.2) is 72.9 Å². The molecule has 1 saturated heterocycles. The second kappa shape index (κ2) is 14.4. The average Bonchev–Trinajstić information content (AvgIpc) is 3.01. The van der Waals surface area contributed by atoms with Gasteiger partial charge in [0.1, 0.15) is 6.10 Å². The van der Waals surface area contributed by atoms with Gasteiger partial charge in [-0.3, -0.25) is 9.59 Å². The fraction of sp³-hybridized carbons (Fsp3) is 0.375. The van der Waals surface area contributed by atoms with Crippen LogP contribution in [0.1, 0.15) is 41.9 Å². The summed E-state index contributed by atoms with van der Waals surface area (Å²) >= 11 is 0. The number of aryl methyl sites for hydroxylation is 1. The Morgan fingerprint density at radius 3 is 2.34 bits per heavy atom. The molecule has 3 aromatic rings. The lowest BCUT2D eigenvalue weighted by Crippen LogP contribution is -2.46. The van der Waals surface area contributed by atoms with Crippen molar-refractivity contribution < 1.29 is 33.3 Å².